The highest BCUT2D eigenvalue weighted by Gasteiger charge is 2.22. The lowest BCUT2D eigenvalue weighted by Crippen LogP contribution is -2.47. The summed E-state index contributed by atoms with van der Waals surface area (Å²) in [5.41, 5.74) is 5.38. The molecule has 3 aromatic carbocycles. The Morgan fingerprint density at radius 1 is 1.11 bits per heavy atom. The summed E-state index contributed by atoms with van der Waals surface area (Å²) in [6.45, 7) is 1.92. The number of methoxy groups -OCH3 is 1. The molecular formula is C26H26N4O5S. The molecule has 0 aliphatic carbocycles. The lowest BCUT2D eigenvalue weighted by molar-refractivity contribution is -0.384. The lowest BCUT2D eigenvalue weighted by atomic mass is 10.1. The summed E-state index contributed by atoms with van der Waals surface area (Å²) in [5.74, 6) is 0.659. The van der Waals surface area contributed by atoms with Gasteiger partial charge in [0, 0.05) is 29.2 Å². The van der Waals surface area contributed by atoms with Crippen LogP contribution in [0, 0.1) is 17.0 Å². The maximum Gasteiger partial charge on any atom is 0.269 e. The zero-order valence-corrected chi connectivity index (χ0v) is 20.7. The van der Waals surface area contributed by atoms with Crippen molar-refractivity contribution in [1.82, 2.24) is 10.7 Å². The van der Waals surface area contributed by atoms with E-state index in [1.807, 2.05) is 49.4 Å². The molecule has 36 heavy (non-hydrogen) atoms. The number of nitro groups is 1. The summed E-state index contributed by atoms with van der Waals surface area (Å²) < 4.78 is 5.30. The second-order valence-electron chi connectivity index (χ2n) is 7.79. The molecule has 0 aliphatic heterocycles. The van der Waals surface area contributed by atoms with Gasteiger partial charge in [0.2, 0.25) is 0 Å². The number of carbonyl (C=O) groups excluding carboxylic acids is 2. The number of non-ortho nitro benzene ring substituents is 1. The Morgan fingerprint density at radius 3 is 2.50 bits per heavy atom. The number of nitrogens with zero attached hydrogens (tertiary/aromatic N) is 2. The maximum absolute atomic E-state index is 12.9. The molecule has 2 amide bonds. The van der Waals surface area contributed by atoms with Crippen LogP contribution in [0.2, 0.25) is 0 Å². The zero-order chi connectivity index (χ0) is 25.9. The number of thioether (sulfide) groups is 1. The fraction of sp³-hybridized carbons (Fsp3) is 0.192. The maximum atomic E-state index is 12.9. The third kappa shape index (κ3) is 7.67. The van der Waals surface area contributed by atoms with E-state index in [1.54, 1.807) is 13.2 Å². The van der Waals surface area contributed by atoms with Crippen molar-refractivity contribution in [1.29, 1.82) is 0 Å². The minimum Gasteiger partial charge on any atom is -0.496 e. The first-order chi connectivity index (χ1) is 17.4. The Bertz CT molecular complexity index is 1230. The van der Waals surface area contributed by atoms with E-state index in [-0.39, 0.29) is 11.3 Å². The normalized spacial score (nSPS) is 11.6. The molecular weight excluding hydrogens is 480 g/mol. The number of nitrogens with one attached hydrogen (secondary N) is 2. The largest absolute Gasteiger partial charge is 0.496 e. The van der Waals surface area contributed by atoms with Crippen molar-refractivity contribution in [2.24, 2.45) is 5.10 Å². The van der Waals surface area contributed by atoms with Crippen molar-refractivity contribution in [3.8, 4) is 5.75 Å². The molecule has 0 saturated carbocycles. The van der Waals surface area contributed by atoms with Crippen LogP contribution in [0.25, 0.3) is 0 Å². The molecule has 1 atom stereocenters. The van der Waals surface area contributed by atoms with Gasteiger partial charge in [0.1, 0.15) is 11.8 Å². The molecule has 1 unspecified atom stereocenters. The molecule has 0 bridgehead atoms. The minimum absolute atomic E-state index is 0.124. The number of amides is 2. The number of hydrogen-bond donors (Lipinski definition) is 2. The SMILES string of the molecule is COc1cc(C=NNC(=O)C(CSCc2ccccc2)NC(=O)c2ccc([N+](=O)[O-])cc2)ccc1C. The van der Waals surface area contributed by atoms with Gasteiger partial charge in [-0.2, -0.15) is 16.9 Å². The molecule has 0 spiro atoms. The predicted molar refractivity (Wildman–Crippen MR) is 140 cm³/mol. The summed E-state index contributed by atoms with van der Waals surface area (Å²) in [4.78, 5) is 36.0. The van der Waals surface area contributed by atoms with Crippen molar-refractivity contribution < 1.29 is 19.2 Å². The standard InChI is InChI=1S/C26H26N4O5S/c1-18-8-9-20(14-24(18)35-2)15-27-29-26(32)23(17-36-16-19-6-4-3-5-7-19)28-25(31)21-10-12-22(13-11-21)30(33)34/h3-15,23H,16-17H2,1-2H3,(H,28,31)(H,29,32). The molecule has 0 heterocycles. The molecule has 2 N–H and O–H groups in total. The molecule has 186 valence electrons. The van der Waals surface area contributed by atoms with Gasteiger partial charge in [0.25, 0.3) is 17.5 Å². The molecule has 0 saturated heterocycles. The smallest absolute Gasteiger partial charge is 0.269 e. The molecule has 3 rings (SSSR count). The van der Waals surface area contributed by atoms with E-state index in [1.165, 1.54) is 42.2 Å². The van der Waals surface area contributed by atoms with Crippen molar-refractivity contribution in [3.63, 3.8) is 0 Å². The van der Waals surface area contributed by atoms with Crippen molar-refractivity contribution in [2.45, 2.75) is 18.7 Å². The van der Waals surface area contributed by atoms with Crippen molar-refractivity contribution >= 4 is 35.5 Å². The first kappa shape index (κ1) is 26.4. The molecule has 10 heteroatoms. The van der Waals surface area contributed by atoms with E-state index in [0.717, 1.165) is 16.7 Å². The topological polar surface area (TPSA) is 123 Å². The number of rotatable bonds is 11. The van der Waals surface area contributed by atoms with Crippen LogP contribution < -0.4 is 15.5 Å². The first-order valence-electron chi connectivity index (χ1n) is 11.0. The van der Waals surface area contributed by atoms with Gasteiger partial charge in [0.05, 0.1) is 18.2 Å². The van der Waals surface area contributed by atoms with Gasteiger partial charge < -0.3 is 10.1 Å². The fourth-order valence-electron chi connectivity index (χ4n) is 3.19. The predicted octanol–water partition coefficient (Wildman–Crippen LogP) is 4.09. The van der Waals surface area contributed by atoms with Crippen LogP contribution in [0.4, 0.5) is 5.69 Å². The van der Waals surface area contributed by atoms with Crippen LogP contribution >= 0.6 is 11.8 Å². The van der Waals surface area contributed by atoms with E-state index in [2.05, 4.69) is 15.8 Å². The Kier molecular flexibility index (Phi) is 9.58. The third-order valence-corrected chi connectivity index (χ3v) is 6.29. The van der Waals surface area contributed by atoms with Crippen LogP contribution in [0.15, 0.2) is 77.9 Å². The first-order valence-corrected chi connectivity index (χ1v) is 12.2. The number of nitro benzene ring substituents is 1. The van der Waals surface area contributed by atoms with Crippen LogP contribution in [0.1, 0.15) is 27.0 Å². The quantitative estimate of drug-likeness (QED) is 0.229. The second-order valence-corrected chi connectivity index (χ2v) is 8.82. The number of hydrazone groups is 1. The van der Waals surface area contributed by atoms with E-state index >= 15 is 0 Å². The summed E-state index contributed by atoms with van der Waals surface area (Å²) in [6, 6.07) is 19.6. The monoisotopic (exact) mass is 506 g/mol. The fourth-order valence-corrected chi connectivity index (χ4v) is 4.21. The third-order valence-electron chi connectivity index (χ3n) is 5.18. The van der Waals surface area contributed by atoms with Crippen molar-refractivity contribution in [3.05, 3.63) is 105 Å². The van der Waals surface area contributed by atoms with E-state index in [4.69, 9.17) is 4.74 Å². The Balaban J connectivity index is 1.67. The average molecular weight is 507 g/mol. The molecule has 9 nitrogen and oxygen atoms in total. The van der Waals surface area contributed by atoms with Gasteiger partial charge in [-0.25, -0.2) is 5.43 Å². The Hall–Kier alpha value is -4.18. The Morgan fingerprint density at radius 2 is 1.83 bits per heavy atom. The summed E-state index contributed by atoms with van der Waals surface area (Å²) in [7, 11) is 1.58. The number of aryl methyl sites for hydroxylation is 1. The summed E-state index contributed by atoms with van der Waals surface area (Å²) in [6.07, 6.45) is 1.49. The Labute approximate surface area is 213 Å². The van der Waals surface area contributed by atoms with E-state index in [0.29, 0.717) is 17.3 Å². The number of ether oxygens (including phenoxy) is 1. The number of hydrogen-bond acceptors (Lipinski definition) is 7. The highest BCUT2D eigenvalue weighted by atomic mass is 32.2. The zero-order valence-electron chi connectivity index (χ0n) is 19.8. The minimum atomic E-state index is -0.883. The van der Waals surface area contributed by atoms with Gasteiger partial charge in [-0.3, -0.25) is 19.7 Å². The van der Waals surface area contributed by atoms with Gasteiger partial charge in [-0.05, 0) is 41.8 Å². The molecule has 0 radical (unpaired) electrons. The van der Waals surface area contributed by atoms with E-state index in [9.17, 15) is 19.7 Å². The molecule has 3 aromatic rings. The van der Waals surface area contributed by atoms with Gasteiger partial charge in [0.15, 0.2) is 0 Å². The van der Waals surface area contributed by atoms with Crippen LogP contribution in [-0.4, -0.2) is 41.9 Å². The summed E-state index contributed by atoms with van der Waals surface area (Å²) in [5, 5.41) is 17.6. The lowest BCUT2D eigenvalue weighted by Gasteiger charge is -2.17. The number of benzene rings is 3. The van der Waals surface area contributed by atoms with Crippen LogP contribution in [0.3, 0.4) is 0 Å². The average Bonchev–Trinajstić information content (AvgIpc) is 2.89. The molecule has 0 fully saturated rings. The van der Waals surface area contributed by atoms with Gasteiger partial charge in [-0.15, -0.1) is 0 Å². The molecule has 0 aliphatic rings. The molecule has 0 aromatic heterocycles. The van der Waals surface area contributed by atoms with E-state index < -0.39 is 22.8 Å². The van der Waals surface area contributed by atoms with Gasteiger partial charge in [-0.1, -0.05) is 42.5 Å². The van der Waals surface area contributed by atoms with Crippen LogP contribution in [-0.2, 0) is 10.5 Å². The highest BCUT2D eigenvalue weighted by molar-refractivity contribution is 7.98. The highest BCUT2D eigenvalue weighted by Crippen LogP contribution is 2.18. The van der Waals surface area contributed by atoms with Gasteiger partial charge >= 0.3 is 0 Å². The summed E-state index contributed by atoms with van der Waals surface area (Å²) >= 11 is 1.49. The van der Waals surface area contributed by atoms with Crippen LogP contribution in [0.5, 0.6) is 5.75 Å². The van der Waals surface area contributed by atoms with Crippen molar-refractivity contribution in [2.75, 3.05) is 12.9 Å². The number of carbonyl (C=O) groups is 2. The second kappa shape index (κ2) is 13.1.